The number of methoxy groups -OCH3 is 1. The summed E-state index contributed by atoms with van der Waals surface area (Å²) in [6, 6.07) is 2.90. The van der Waals surface area contributed by atoms with E-state index in [2.05, 4.69) is 10.1 Å². The van der Waals surface area contributed by atoms with Gasteiger partial charge < -0.3 is 10.1 Å². The highest BCUT2D eigenvalue weighted by Crippen LogP contribution is 2.33. The van der Waals surface area contributed by atoms with Crippen molar-refractivity contribution in [2.24, 2.45) is 5.92 Å². The molecular weight excluding hydrogens is 264 g/mol. The lowest BCUT2D eigenvalue weighted by Gasteiger charge is -2.28. The number of piperidine rings is 1. The fourth-order valence-electron chi connectivity index (χ4n) is 3.40. The number of hydrogen-bond acceptors (Lipinski definition) is 3. The Kier molecular flexibility index (Phi) is 3.46. The van der Waals surface area contributed by atoms with Crippen LogP contribution in [0, 0.1) is 17.6 Å². The van der Waals surface area contributed by atoms with Crippen molar-refractivity contribution in [3.63, 3.8) is 0 Å². The van der Waals surface area contributed by atoms with Crippen molar-refractivity contribution in [3.05, 3.63) is 29.3 Å². The number of rotatable bonds is 3. The summed E-state index contributed by atoms with van der Waals surface area (Å²) < 4.78 is 32.0. The molecule has 2 bridgehead atoms. The van der Waals surface area contributed by atoms with E-state index in [1.165, 1.54) is 7.11 Å². The fraction of sp³-hybridized carbons (Fsp3) is 0.533. The van der Waals surface area contributed by atoms with E-state index in [-0.39, 0.29) is 17.3 Å². The number of fused-ring (bicyclic) bond motifs is 2. The molecule has 1 aromatic rings. The number of halogens is 2. The first-order chi connectivity index (χ1) is 9.58. The second-order valence-electron chi connectivity index (χ2n) is 5.64. The predicted octanol–water partition coefficient (Wildman–Crippen LogP) is 2.69. The molecule has 1 N–H and O–H groups in total. The first-order valence-corrected chi connectivity index (χ1v) is 6.91. The molecule has 2 aliphatic heterocycles. The van der Waals surface area contributed by atoms with E-state index in [0.717, 1.165) is 37.8 Å². The summed E-state index contributed by atoms with van der Waals surface area (Å²) >= 11 is 0. The second-order valence-corrected chi connectivity index (χ2v) is 5.64. The molecule has 1 aromatic carbocycles. The van der Waals surface area contributed by atoms with Crippen molar-refractivity contribution in [2.75, 3.05) is 7.11 Å². The van der Waals surface area contributed by atoms with Gasteiger partial charge in [0.05, 0.1) is 7.11 Å². The molecule has 3 nitrogen and oxygen atoms in total. The minimum Gasteiger partial charge on any atom is -0.491 e. The molecule has 0 aliphatic carbocycles. The maximum absolute atomic E-state index is 13.7. The average Bonchev–Trinajstić information content (AvgIpc) is 2.76. The summed E-state index contributed by atoms with van der Waals surface area (Å²) in [5, 5.41) is 3.45. The first-order valence-electron chi connectivity index (χ1n) is 6.91. The Morgan fingerprint density at radius 1 is 1.20 bits per heavy atom. The zero-order valence-electron chi connectivity index (χ0n) is 11.3. The van der Waals surface area contributed by atoms with E-state index < -0.39 is 17.4 Å². The quantitative estimate of drug-likeness (QED) is 0.866. The molecule has 0 radical (unpaired) electrons. The van der Waals surface area contributed by atoms with Gasteiger partial charge in [-0.15, -0.1) is 0 Å². The third kappa shape index (κ3) is 2.30. The molecule has 2 aliphatic rings. The van der Waals surface area contributed by atoms with E-state index in [1.807, 2.05) is 0 Å². The maximum atomic E-state index is 13.7. The van der Waals surface area contributed by atoms with Crippen LogP contribution in [0.3, 0.4) is 0 Å². The van der Waals surface area contributed by atoms with Crippen LogP contribution in [-0.4, -0.2) is 25.0 Å². The number of benzene rings is 1. The van der Waals surface area contributed by atoms with Crippen LogP contribution in [-0.2, 0) is 0 Å². The lowest BCUT2D eigenvalue weighted by Crippen LogP contribution is -2.40. The molecule has 2 saturated heterocycles. The summed E-state index contributed by atoms with van der Waals surface area (Å²) in [6.45, 7) is 0. The van der Waals surface area contributed by atoms with Crippen molar-refractivity contribution < 1.29 is 18.3 Å². The van der Waals surface area contributed by atoms with E-state index in [0.29, 0.717) is 12.1 Å². The average molecular weight is 281 g/mol. The number of nitrogens with one attached hydrogen (secondary N) is 1. The number of Topliss-reactive ketones (excluding diaryl/α,β-unsaturated/α-hetero) is 1. The second kappa shape index (κ2) is 5.13. The fourth-order valence-corrected chi connectivity index (χ4v) is 3.40. The molecule has 108 valence electrons. The molecule has 0 amide bonds. The molecule has 0 spiro atoms. The van der Waals surface area contributed by atoms with E-state index >= 15 is 0 Å². The van der Waals surface area contributed by atoms with Gasteiger partial charge in [0.2, 0.25) is 0 Å². The van der Waals surface area contributed by atoms with Gasteiger partial charge in [-0.05, 0) is 37.8 Å². The van der Waals surface area contributed by atoms with Crippen LogP contribution in [0.15, 0.2) is 12.1 Å². The number of hydrogen-bond donors (Lipinski definition) is 1. The molecule has 3 rings (SSSR count). The highest BCUT2D eigenvalue weighted by atomic mass is 19.1. The number of carbonyl (C=O) groups is 1. The highest BCUT2D eigenvalue weighted by Gasteiger charge is 2.37. The van der Waals surface area contributed by atoms with Crippen LogP contribution in [0.1, 0.15) is 36.0 Å². The molecule has 5 heteroatoms. The molecule has 0 saturated carbocycles. The van der Waals surface area contributed by atoms with Gasteiger partial charge in [-0.2, -0.15) is 0 Å². The van der Waals surface area contributed by atoms with Gasteiger partial charge in [0.15, 0.2) is 23.2 Å². The van der Waals surface area contributed by atoms with Crippen LogP contribution in [0.5, 0.6) is 5.75 Å². The van der Waals surface area contributed by atoms with Crippen molar-refractivity contribution >= 4 is 5.78 Å². The van der Waals surface area contributed by atoms with Crippen molar-refractivity contribution in [1.29, 1.82) is 0 Å². The molecule has 0 aromatic heterocycles. The molecule has 2 unspecified atom stereocenters. The largest absolute Gasteiger partial charge is 0.491 e. The van der Waals surface area contributed by atoms with Crippen LogP contribution in [0.4, 0.5) is 8.78 Å². The minimum absolute atomic E-state index is 0.104. The molecule has 2 heterocycles. The molecule has 2 atom stereocenters. The van der Waals surface area contributed by atoms with Gasteiger partial charge >= 0.3 is 0 Å². The third-order valence-corrected chi connectivity index (χ3v) is 4.33. The van der Waals surface area contributed by atoms with Gasteiger partial charge in [0, 0.05) is 23.6 Å². The third-order valence-electron chi connectivity index (χ3n) is 4.33. The smallest absolute Gasteiger partial charge is 0.190 e. The zero-order chi connectivity index (χ0) is 14.3. The lowest BCUT2D eigenvalue weighted by molar-refractivity contribution is 0.0874. The van der Waals surface area contributed by atoms with Gasteiger partial charge in [0.1, 0.15) is 0 Å². The Bertz CT molecular complexity index is 512. The normalized spacial score (nSPS) is 28.4. The summed E-state index contributed by atoms with van der Waals surface area (Å²) in [7, 11) is 1.20. The molecule has 2 fully saturated rings. The van der Waals surface area contributed by atoms with Crippen molar-refractivity contribution in [2.45, 2.75) is 37.8 Å². The van der Waals surface area contributed by atoms with Gasteiger partial charge in [0.25, 0.3) is 0 Å². The van der Waals surface area contributed by atoms with E-state index in [4.69, 9.17) is 0 Å². The highest BCUT2D eigenvalue weighted by molar-refractivity contribution is 5.98. The Morgan fingerprint density at radius 3 is 2.25 bits per heavy atom. The predicted molar refractivity (Wildman–Crippen MR) is 69.9 cm³/mol. The SMILES string of the molecule is COc1c(F)cc(C(=O)C2CC3CCC(C2)N3)cc1F. The molecular formula is C15H17F2NO2. The van der Waals surface area contributed by atoms with Gasteiger partial charge in [-0.3, -0.25) is 4.79 Å². The van der Waals surface area contributed by atoms with E-state index in [9.17, 15) is 13.6 Å². The Morgan fingerprint density at radius 2 is 1.75 bits per heavy atom. The van der Waals surface area contributed by atoms with Gasteiger partial charge in [-0.25, -0.2) is 8.78 Å². The number of carbonyl (C=O) groups excluding carboxylic acids is 1. The Balaban J connectivity index is 1.84. The zero-order valence-corrected chi connectivity index (χ0v) is 11.3. The number of ether oxygens (including phenoxy) is 1. The van der Waals surface area contributed by atoms with Crippen LogP contribution >= 0.6 is 0 Å². The minimum atomic E-state index is -0.826. The van der Waals surface area contributed by atoms with Gasteiger partial charge in [-0.1, -0.05) is 0 Å². The molecule has 20 heavy (non-hydrogen) atoms. The van der Waals surface area contributed by atoms with Crippen molar-refractivity contribution in [3.8, 4) is 5.75 Å². The number of ketones is 1. The topological polar surface area (TPSA) is 38.3 Å². The van der Waals surface area contributed by atoms with Crippen LogP contribution in [0.25, 0.3) is 0 Å². The summed E-state index contributed by atoms with van der Waals surface area (Å²) in [4.78, 5) is 12.4. The summed E-state index contributed by atoms with van der Waals surface area (Å²) in [5.41, 5.74) is 0.104. The Labute approximate surface area is 116 Å². The van der Waals surface area contributed by atoms with Crippen molar-refractivity contribution in [1.82, 2.24) is 5.32 Å². The summed E-state index contributed by atoms with van der Waals surface area (Å²) in [6.07, 6.45) is 3.68. The first kappa shape index (κ1) is 13.5. The summed E-state index contributed by atoms with van der Waals surface area (Å²) in [5.74, 6) is -2.39. The van der Waals surface area contributed by atoms with Crippen LogP contribution in [0.2, 0.25) is 0 Å². The lowest BCUT2D eigenvalue weighted by atomic mass is 9.86. The monoisotopic (exact) mass is 281 g/mol. The Hall–Kier alpha value is -1.49. The standard InChI is InChI=1S/C15H17F2NO2/c1-20-15-12(16)6-9(7-13(15)17)14(19)8-4-10-2-3-11(5-8)18-10/h6-8,10-11,18H,2-5H2,1H3. The van der Waals surface area contributed by atoms with E-state index in [1.54, 1.807) is 0 Å². The maximum Gasteiger partial charge on any atom is 0.190 e. The van der Waals surface area contributed by atoms with Crippen LogP contribution < -0.4 is 10.1 Å².